The summed E-state index contributed by atoms with van der Waals surface area (Å²) in [7, 11) is 0. The van der Waals surface area contributed by atoms with Crippen LogP contribution in [0.15, 0.2) is 29.8 Å². The fourth-order valence-corrected chi connectivity index (χ4v) is 2.10. The van der Waals surface area contributed by atoms with Gasteiger partial charge in [0.2, 0.25) is 0 Å². The SMILES string of the molecule is CC(C)n1nccc1NCc1cccs1.Cl. The summed E-state index contributed by atoms with van der Waals surface area (Å²) < 4.78 is 1.99. The lowest BCUT2D eigenvalue weighted by atomic mass is 10.4. The fraction of sp³-hybridized carbons (Fsp3) is 0.364. The second-order valence-corrected chi connectivity index (χ2v) is 4.72. The molecule has 0 bridgehead atoms. The fourth-order valence-electron chi connectivity index (χ4n) is 1.46. The number of halogens is 1. The van der Waals surface area contributed by atoms with Gasteiger partial charge in [-0.25, -0.2) is 4.68 Å². The lowest BCUT2D eigenvalue weighted by Crippen LogP contribution is -2.09. The van der Waals surface area contributed by atoms with Crippen LogP contribution in [-0.4, -0.2) is 9.78 Å². The molecule has 0 unspecified atom stereocenters. The van der Waals surface area contributed by atoms with Gasteiger partial charge in [-0.3, -0.25) is 0 Å². The van der Waals surface area contributed by atoms with E-state index >= 15 is 0 Å². The molecule has 16 heavy (non-hydrogen) atoms. The molecular weight excluding hydrogens is 242 g/mol. The van der Waals surface area contributed by atoms with Crippen molar-refractivity contribution < 1.29 is 0 Å². The summed E-state index contributed by atoms with van der Waals surface area (Å²) in [6, 6.07) is 6.61. The van der Waals surface area contributed by atoms with E-state index in [4.69, 9.17) is 0 Å². The third-order valence-electron chi connectivity index (χ3n) is 2.18. The van der Waals surface area contributed by atoms with Crippen molar-refractivity contribution in [1.82, 2.24) is 9.78 Å². The van der Waals surface area contributed by atoms with E-state index in [0.29, 0.717) is 6.04 Å². The Labute approximate surface area is 106 Å². The molecular formula is C11H16ClN3S. The highest BCUT2D eigenvalue weighted by Crippen LogP contribution is 2.15. The van der Waals surface area contributed by atoms with Gasteiger partial charge in [-0.05, 0) is 25.3 Å². The van der Waals surface area contributed by atoms with E-state index in [9.17, 15) is 0 Å². The number of rotatable bonds is 4. The summed E-state index contributed by atoms with van der Waals surface area (Å²) in [5, 5.41) is 9.76. The number of nitrogens with one attached hydrogen (secondary N) is 1. The molecule has 0 saturated heterocycles. The Kier molecular flexibility index (Phi) is 4.83. The van der Waals surface area contributed by atoms with Gasteiger partial charge in [0.25, 0.3) is 0 Å². The third kappa shape index (κ3) is 3.00. The predicted molar refractivity (Wildman–Crippen MR) is 71.5 cm³/mol. The van der Waals surface area contributed by atoms with E-state index in [0.717, 1.165) is 12.4 Å². The molecule has 0 aliphatic rings. The summed E-state index contributed by atoms with van der Waals surface area (Å²) in [4.78, 5) is 1.34. The van der Waals surface area contributed by atoms with E-state index in [-0.39, 0.29) is 12.4 Å². The van der Waals surface area contributed by atoms with Crippen LogP contribution in [-0.2, 0) is 6.54 Å². The summed E-state index contributed by atoms with van der Waals surface area (Å²) in [5.41, 5.74) is 0. The van der Waals surface area contributed by atoms with Gasteiger partial charge >= 0.3 is 0 Å². The Morgan fingerprint density at radius 3 is 2.88 bits per heavy atom. The Hall–Kier alpha value is -1.000. The standard InChI is InChI=1S/C11H15N3S.ClH/c1-9(2)14-11(5-6-13-14)12-8-10-4-3-7-15-10;/h3-7,9,12H,8H2,1-2H3;1H. The minimum atomic E-state index is 0. The molecule has 0 radical (unpaired) electrons. The second kappa shape index (κ2) is 5.92. The number of hydrogen-bond donors (Lipinski definition) is 1. The van der Waals surface area contributed by atoms with Gasteiger partial charge in [-0.2, -0.15) is 5.10 Å². The first-order valence-corrected chi connectivity index (χ1v) is 5.95. The normalized spacial score (nSPS) is 10.2. The van der Waals surface area contributed by atoms with Crippen LogP contribution in [0.4, 0.5) is 5.82 Å². The van der Waals surface area contributed by atoms with Crippen molar-refractivity contribution >= 4 is 29.6 Å². The Morgan fingerprint density at radius 2 is 2.25 bits per heavy atom. The second-order valence-electron chi connectivity index (χ2n) is 3.69. The quantitative estimate of drug-likeness (QED) is 0.908. The minimum absolute atomic E-state index is 0. The molecule has 2 rings (SSSR count). The molecule has 0 aliphatic heterocycles. The number of nitrogens with zero attached hydrogens (tertiary/aromatic N) is 2. The van der Waals surface area contributed by atoms with E-state index < -0.39 is 0 Å². The molecule has 2 aromatic heterocycles. The van der Waals surface area contributed by atoms with Gasteiger partial charge in [-0.1, -0.05) is 6.07 Å². The molecule has 5 heteroatoms. The lowest BCUT2D eigenvalue weighted by Gasteiger charge is -2.11. The van der Waals surface area contributed by atoms with E-state index in [1.165, 1.54) is 4.88 Å². The van der Waals surface area contributed by atoms with Crippen LogP contribution in [0.3, 0.4) is 0 Å². The van der Waals surface area contributed by atoms with Crippen LogP contribution in [0.2, 0.25) is 0 Å². The molecule has 0 amide bonds. The Morgan fingerprint density at radius 1 is 1.44 bits per heavy atom. The molecule has 1 N–H and O–H groups in total. The summed E-state index contributed by atoms with van der Waals surface area (Å²) in [6.07, 6.45) is 1.83. The van der Waals surface area contributed by atoms with Crippen molar-refractivity contribution in [2.24, 2.45) is 0 Å². The van der Waals surface area contributed by atoms with Crippen molar-refractivity contribution in [2.45, 2.75) is 26.4 Å². The summed E-state index contributed by atoms with van der Waals surface area (Å²) in [6.45, 7) is 5.13. The van der Waals surface area contributed by atoms with Gasteiger partial charge < -0.3 is 5.32 Å². The molecule has 0 aliphatic carbocycles. The smallest absolute Gasteiger partial charge is 0.124 e. The number of anilines is 1. The predicted octanol–water partition coefficient (Wildman–Crippen LogP) is 3.56. The van der Waals surface area contributed by atoms with Crippen LogP contribution in [0.1, 0.15) is 24.8 Å². The van der Waals surface area contributed by atoms with Crippen molar-refractivity contribution in [3.8, 4) is 0 Å². The first-order chi connectivity index (χ1) is 7.27. The molecule has 0 fully saturated rings. The summed E-state index contributed by atoms with van der Waals surface area (Å²) >= 11 is 1.77. The lowest BCUT2D eigenvalue weighted by molar-refractivity contribution is 0.537. The first kappa shape index (κ1) is 13.1. The molecule has 2 heterocycles. The monoisotopic (exact) mass is 257 g/mol. The zero-order chi connectivity index (χ0) is 10.7. The first-order valence-electron chi connectivity index (χ1n) is 5.07. The highest BCUT2D eigenvalue weighted by Gasteiger charge is 2.04. The Balaban J connectivity index is 0.00000128. The van der Waals surface area contributed by atoms with E-state index in [1.807, 2.05) is 16.9 Å². The van der Waals surface area contributed by atoms with Crippen LogP contribution in [0, 0.1) is 0 Å². The zero-order valence-electron chi connectivity index (χ0n) is 9.38. The molecule has 0 saturated carbocycles. The summed E-state index contributed by atoms with van der Waals surface area (Å²) in [5.74, 6) is 1.08. The maximum Gasteiger partial charge on any atom is 0.124 e. The van der Waals surface area contributed by atoms with Gasteiger partial charge in [-0.15, -0.1) is 23.7 Å². The highest BCUT2D eigenvalue weighted by molar-refractivity contribution is 7.09. The maximum atomic E-state index is 4.27. The van der Waals surface area contributed by atoms with Crippen LogP contribution in [0.5, 0.6) is 0 Å². The molecule has 0 atom stereocenters. The van der Waals surface area contributed by atoms with Crippen molar-refractivity contribution in [3.05, 3.63) is 34.7 Å². The average Bonchev–Trinajstić information content (AvgIpc) is 2.86. The minimum Gasteiger partial charge on any atom is -0.365 e. The van der Waals surface area contributed by atoms with Crippen LogP contribution >= 0.6 is 23.7 Å². The number of thiophene rings is 1. The van der Waals surface area contributed by atoms with Crippen LogP contribution < -0.4 is 5.32 Å². The van der Waals surface area contributed by atoms with Gasteiger partial charge in [0.05, 0.1) is 12.7 Å². The van der Waals surface area contributed by atoms with Crippen molar-refractivity contribution in [2.75, 3.05) is 5.32 Å². The zero-order valence-corrected chi connectivity index (χ0v) is 11.0. The van der Waals surface area contributed by atoms with E-state index in [2.05, 4.69) is 41.8 Å². The number of aromatic nitrogens is 2. The van der Waals surface area contributed by atoms with Gasteiger partial charge in [0.15, 0.2) is 0 Å². The van der Waals surface area contributed by atoms with Crippen molar-refractivity contribution in [3.63, 3.8) is 0 Å². The molecule has 3 nitrogen and oxygen atoms in total. The average molecular weight is 258 g/mol. The largest absolute Gasteiger partial charge is 0.365 e. The van der Waals surface area contributed by atoms with Crippen molar-refractivity contribution in [1.29, 1.82) is 0 Å². The molecule has 0 spiro atoms. The van der Waals surface area contributed by atoms with Gasteiger partial charge in [0.1, 0.15) is 5.82 Å². The highest BCUT2D eigenvalue weighted by atomic mass is 35.5. The molecule has 2 aromatic rings. The van der Waals surface area contributed by atoms with Crippen LogP contribution in [0.25, 0.3) is 0 Å². The van der Waals surface area contributed by atoms with E-state index in [1.54, 1.807) is 11.3 Å². The topological polar surface area (TPSA) is 29.9 Å². The third-order valence-corrected chi connectivity index (χ3v) is 3.06. The van der Waals surface area contributed by atoms with Gasteiger partial charge in [0, 0.05) is 17.0 Å². The Bertz CT molecular complexity index is 409. The number of hydrogen-bond acceptors (Lipinski definition) is 3. The maximum absolute atomic E-state index is 4.27. The molecule has 88 valence electrons. The molecule has 0 aromatic carbocycles.